The van der Waals surface area contributed by atoms with Crippen molar-refractivity contribution >= 4 is 17.5 Å². The maximum Gasteiger partial charge on any atom is 0.243 e. The van der Waals surface area contributed by atoms with Gasteiger partial charge in [-0.25, -0.2) is 0 Å². The molecule has 1 N–H and O–H groups in total. The molecule has 1 aliphatic carbocycles. The molecule has 1 aromatic carbocycles. The van der Waals surface area contributed by atoms with Crippen molar-refractivity contribution in [3.8, 4) is 0 Å². The average molecular weight is 372 g/mol. The van der Waals surface area contributed by atoms with E-state index in [1.165, 1.54) is 38.5 Å². The number of piperidine rings is 1. The zero-order chi connectivity index (χ0) is 19.4. The fourth-order valence-electron chi connectivity index (χ4n) is 4.71. The normalized spacial score (nSPS) is 22.8. The molecule has 5 nitrogen and oxygen atoms in total. The second-order valence-electron chi connectivity index (χ2n) is 8.29. The molecule has 2 fully saturated rings. The van der Waals surface area contributed by atoms with Crippen LogP contribution >= 0.6 is 0 Å². The molecule has 5 heteroatoms. The SMILES string of the molecule is Cc1cccc(C)c1NC(=O)CN(C)C(=O)CN1CCC[C@H]2CCCC[C@@H]21. The van der Waals surface area contributed by atoms with Crippen LogP contribution in [0.25, 0.3) is 0 Å². The Morgan fingerprint density at radius 3 is 2.52 bits per heavy atom. The van der Waals surface area contributed by atoms with E-state index in [4.69, 9.17) is 0 Å². The zero-order valence-corrected chi connectivity index (χ0v) is 17.0. The lowest BCUT2D eigenvalue weighted by molar-refractivity contribution is -0.135. The molecule has 0 unspecified atom stereocenters. The number of likely N-dealkylation sites (tertiary alicyclic amines) is 1. The zero-order valence-electron chi connectivity index (χ0n) is 17.0. The second-order valence-corrected chi connectivity index (χ2v) is 8.29. The van der Waals surface area contributed by atoms with Crippen molar-refractivity contribution in [2.75, 3.05) is 32.0 Å². The van der Waals surface area contributed by atoms with Crippen LogP contribution in [0, 0.1) is 19.8 Å². The van der Waals surface area contributed by atoms with E-state index in [2.05, 4.69) is 10.2 Å². The highest BCUT2D eigenvalue weighted by Gasteiger charge is 2.34. The molecule has 1 heterocycles. The fourth-order valence-corrected chi connectivity index (χ4v) is 4.71. The molecular formula is C22H33N3O2. The van der Waals surface area contributed by atoms with Gasteiger partial charge in [0.25, 0.3) is 0 Å². The molecule has 0 aromatic heterocycles. The topological polar surface area (TPSA) is 52.7 Å². The van der Waals surface area contributed by atoms with Gasteiger partial charge in [-0.1, -0.05) is 31.0 Å². The second kappa shape index (κ2) is 8.87. The van der Waals surface area contributed by atoms with Gasteiger partial charge in [0, 0.05) is 18.8 Å². The number of benzene rings is 1. The number of fused-ring (bicyclic) bond motifs is 1. The fraction of sp³-hybridized carbons (Fsp3) is 0.636. The summed E-state index contributed by atoms with van der Waals surface area (Å²) in [6, 6.07) is 6.50. The summed E-state index contributed by atoms with van der Waals surface area (Å²) in [7, 11) is 1.73. The van der Waals surface area contributed by atoms with E-state index in [-0.39, 0.29) is 18.4 Å². The van der Waals surface area contributed by atoms with Crippen LogP contribution in [0.4, 0.5) is 5.69 Å². The number of nitrogens with one attached hydrogen (secondary N) is 1. The smallest absolute Gasteiger partial charge is 0.243 e. The number of amides is 2. The quantitative estimate of drug-likeness (QED) is 0.863. The Labute approximate surface area is 163 Å². The van der Waals surface area contributed by atoms with Crippen molar-refractivity contribution < 1.29 is 9.59 Å². The van der Waals surface area contributed by atoms with E-state index >= 15 is 0 Å². The monoisotopic (exact) mass is 371 g/mol. The van der Waals surface area contributed by atoms with Crippen molar-refractivity contribution in [3.05, 3.63) is 29.3 Å². The standard InChI is InChI=1S/C22H33N3O2/c1-16-8-6-9-17(2)22(16)23-20(26)14-24(3)21(27)15-25-13-7-11-18-10-4-5-12-19(18)25/h6,8-9,18-19H,4-5,7,10-15H2,1-3H3,(H,23,26)/t18-,19+/m1/s1. The largest absolute Gasteiger partial charge is 0.335 e. The maximum atomic E-state index is 12.7. The van der Waals surface area contributed by atoms with Crippen LogP contribution in [-0.2, 0) is 9.59 Å². The molecule has 1 aromatic rings. The van der Waals surface area contributed by atoms with Gasteiger partial charge in [0.1, 0.15) is 0 Å². The van der Waals surface area contributed by atoms with E-state index in [0.717, 1.165) is 29.3 Å². The van der Waals surface area contributed by atoms with Crippen LogP contribution in [0.15, 0.2) is 18.2 Å². The third-order valence-electron chi connectivity index (χ3n) is 6.25. The van der Waals surface area contributed by atoms with Gasteiger partial charge in [-0.05, 0) is 63.1 Å². The molecule has 3 rings (SSSR count). The molecule has 27 heavy (non-hydrogen) atoms. The average Bonchev–Trinajstić information content (AvgIpc) is 2.65. The number of nitrogens with zero attached hydrogens (tertiary/aromatic N) is 2. The number of anilines is 1. The number of carbonyl (C=O) groups excluding carboxylic acids is 2. The van der Waals surface area contributed by atoms with Crippen LogP contribution in [0.1, 0.15) is 49.7 Å². The molecule has 2 aliphatic rings. The summed E-state index contributed by atoms with van der Waals surface area (Å²) in [6.45, 7) is 5.50. The molecule has 148 valence electrons. The highest BCUT2D eigenvalue weighted by Crippen LogP contribution is 2.35. The summed E-state index contributed by atoms with van der Waals surface area (Å²) < 4.78 is 0. The molecule has 0 spiro atoms. The molecule has 0 radical (unpaired) electrons. The molecular weight excluding hydrogens is 338 g/mol. The van der Waals surface area contributed by atoms with E-state index < -0.39 is 0 Å². The first-order valence-corrected chi connectivity index (χ1v) is 10.3. The Morgan fingerprint density at radius 2 is 1.78 bits per heavy atom. The predicted molar refractivity (Wildman–Crippen MR) is 109 cm³/mol. The predicted octanol–water partition coefficient (Wildman–Crippen LogP) is 3.35. The van der Waals surface area contributed by atoms with Crippen LogP contribution in [0.5, 0.6) is 0 Å². The number of para-hydroxylation sites is 1. The lowest BCUT2D eigenvalue weighted by Gasteiger charge is -2.44. The maximum absolute atomic E-state index is 12.7. The van der Waals surface area contributed by atoms with Crippen LogP contribution < -0.4 is 5.32 Å². The number of carbonyl (C=O) groups is 2. The minimum absolute atomic E-state index is 0.0397. The van der Waals surface area contributed by atoms with Gasteiger partial charge in [0.2, 0.25) is 11.8 Å². The molecule has 2 atom stereocenters. The van der Waals surface area contributed by atoms with Gasteiger partial charge >= 0.3 is 0 Å². The summed E-state index contributed by atoms with van der Waals surface area (Å²) in [5.41, 5.74) is 2.92. The Kier molecular flexibility index (Phi) is 6.53. The van der Waals surface area contributed by atoms with Crippen molar-refractivity contribution in [2.45, 2.75) is 58.4 Å². The van der Waals surface area contributed by atoms with Crippen LogP contribution in [0.3, 0.4) is 0 Å². The summed E-state index contributed by atoms with van der Waals surface area (Å²) in [5, 5.41) is 2.97. The highest BCUT2D eigenvalue weighted by atomic mass is 16.2. The van der Waals surface area contributed by atoms with Gasteiger partial charge < -0.3 is 10.2 Å². The van der Waals surface area contributed by atoms with Gasteiger partial charge in [-0.2, -0.15) is 0 Å². The first kappa shape index (κ1) is 19.9. The number of likely N-dealkylation sites (N-methyl/N-ethyl adjacent to an activating group) is 1. The van der Waals surface area contributed by atoms with E-state index in [9.17, 15) is 9.59 Å². The Hall–Kier alpha value is -1.88. The van der Waals surface area contributed by atoms with E-state index in [1.807, 2.05) is 32.0 Å². The van der Waals surface area contributed by atoms with Crippen molar-refractivity contribution in [1.82, 2.24) is 9.80 Å². The van der Waals surface area contributed by atoms with E-state index in [1.54, 1.807) is 11.9 Å². The van der Waals surface area contributed by atoms with Crippen LogP contribution in [0.2, 0.25) is 0 Å². The minimum atomic E-state index is -0.141. The van der Waals surface area contributed by atoms with Crippen molar-refractivity contribution in [2.24, 2.45) is 5.92 Å². The number of hydrogen-bond acceptors (Lipinski definition) is 3. The minimum Gasteiger partial charge on any atom is -0.335 e. The van der Waals surface area contributed by atoms with Crippen LogP contribution in [-0.4, -0.2) is 54.3 Å². The molecule has 1 saturated heterocycles. The lowest BCUT2D eigenvalue weighted by Crippen LogP contribution is -2.51. The van der Waals surface area contributed by atoms with Gasteiger partial charge in [0.15, 0.2) is 0 Å². The third-order valence-corrected chi connectivity index (χ3v) is 6.25. The Morgan fingerprint density at radius 1 is 1.11 bits per heavy atom. The van der Waals surface area contributed by atoms with E-state index in [0.29, 0.717) is 12.6 Å². The summed E-state index contributed by atoms with van der Waals surface area (Å²) in [5.74, 6) is 0.660. The van der Waals surface area contributed by atoms with Crippen molar-refractivity contribution in [1.29, 1.82) is 0 Å². The molecule has 1 saturated carbocycles. The number of aryl methyl sites for hydroxylation is 2. The van der Waals surface area contributed by atoms with Crippen molar-refractivity contribution in [3.63, 3.8) is 0 Å². The summed E-state index contributed by atoms with van der Waals surface area (Å²) in [6.07, 6.45) is 7.63. The highest BCUT2D eigenvalue weighted by molar-refractivity contribution is 5.95. The lowest BCUT2D eigenvalue weighted by atomic mass is 9.78. The van der Waals surface area contributed by atoms with Gasteiger partial charge in [-0.15, -0.1) is 0 Å². The first-order chi connectivity index (χ1) is 13.0. The molecule has 1 aliphatic heterocycles. The third kappa shape index (κ3) is 4.89. The Balaban J connectivity index is 1.53. The summed E-state index contributed by atoms with van der Waals surface area (Å²) >= 11 is 0. The number of hydrogen-bond donors (Lipinski definition) is 1. The number of rotatable bonds is 5. The molecule has 0 bridgehead atoms. The summed E-state index contributed by atoms with van der Waals surface area (Å²) in [4.78, 5) is 29.1. The van der Waals surface area contributed by atoms with Gasteiger partial charge in [-0.3, -0.25) is 14.5 Å². The first-order valence-electron chi connectivity index (χ1n) is 10.3. The molecule has 2 amide bonds. The Bertz CT molecular complexity index is 666. The van der Waals surface area contributed by atoms with Gasteiger partial charge in [0.05, 0.1) is 13.1 Å².